The van der Waals surface area contributed by atoms with Gasteiger partial charge < -0.3 is 10.4 Å². The van der Waals surface area contributed by atoms with Gasteiger partial charge >= 0.3 is 6.18 Å². The van der Waals surface area contributed by atoms with E-state index in [2.05, 4.69) is 20.6 Å². The van der Waals surface area contributed by atoms with Crippen molar-refractivity contribution >= 4 is 11.5 Å². The highest BCUT2D eigenvalue weighted by molar-refractivity contribution is 5.58. The quantitative estimate of drug-likeness (QED) is 0.896. The van der Waals surface area contributed by atoms with Crippen molar-refractivity contribution in [2.75, 3.05) is 11.9 Å². The van der Waals surface area contributed by atoms with Gasteiger partial charge in [0.1, 0.15) is 0 Å². The Bertz CT molecular complexity index is 637. The van der Waals surface area contributed by atoms with E-state index in [0.29, 0.717) is 15.6 Å². The molecule has 2 N–H and O–H groups in total. The zero-order chi connectivity index (χ0) is 15.1. The number of aromatic nitrogens is 4. The Morgan fingerprint density at radius 1 is 1.25 bits per heavy atom. The Morgan fingerprint density at radius 2 is 1.90 bits per heavy atom. The van der Waals surface area contributed by atoms with Gasteiger partial charge in [0.2, 0.25) is 0 Å². The molecule has 0 aliphatic rings. The Hall–Kier alpha value is -1.90. The van der Waals surface area contributed by atoms with E-state index in [-0.39, 0.29) is 24.1 Å². The van der Waals surface area contributed by atoms with Crippen LogP contribution < -0.4 is 5.32 Å². The lowest BCUT2D eigenvalue weighted by molar-refractivity contribution is -0.146. The minimum atomic E-state index is -4.63. The zero-order valence-corrected chi connectivity index (χ0v) is 11.2. The lowest BCUT2D eigenvalue weighted by Crippen LogP contribution is -2.22. The fourth-order valence-electron chi connectivity index (χ4n) is 1.72. The fraction of sp³-hybridized carbons (Fsp3) is 0.545. The number of anilines is 1. The number of aryl methyl sites for hydroxylation is 1. The summed E-state index contributed by atoms with van der Waals surface area (Å²) in [5.74, 6) is -0.905. The largest absolute Gasteiger partial charge is 0.453 e. The standard InChI is InChI=1S/C11H14F3N5O/c1-5(4-20)15-8-6(2)7(3)9-16-17-10(11(12,13)14)19(9)18-8/h5,20H,4H2,1-3H3,(H,15,18)/t5-/m1/s1. The van der Waals surface area contributed by atoms with E-state index < -0.39 is 12.0 Å². The maximum Gasteiger partial charge on any atom is 0.453 e. The molecule has 2 aromatic rings. The second-order valence-corrected chi connectivity index (χ2v) is 4.58. The first-order chi connectivity index (χ1) is 9.25. The highest BCUT2D eigenvalue weighted by atomic mass is 19.4. The molecule has 6 nitrogen and oxygen atoms in total. The van der Waals surface area contributed by atoms with E-state index in [1.807, 2.05) is 0 Å². The molecule has 0 aromatic carbocycles. The minimum Gasteiger partial charge on any atom is -0.394 e. The first-order valence-electron chi connectivity index (χ1n) is 5.93. The number of aliphatic hydroxyl groups excluding tert-OH is 1. The van der Waals surface area contributed by atoms with Crippen molar-refractivity contribution in [3.63, 3.8) is 0 Å². The van der Waals surface area contributed by atoms with Crippen LogP contribution in [-0.4, -0.2) is 37.6 Å². The topological polar surface area (TPSA) is 75.3 Å². The Kier molecular flexibility index (Phi) is 3.55. The third-order valence-electron chi connectivity index (χ3n) is 3.00. The highest BCUT2D eigenvalue weighted by Crippen LogP contribution is 2.29. The number of aliphatic hydroxyl groups is 1. The molecule has 2 rings (SSSR count). The number of rotatable bonds is 3. The summed E-state index contributed by atoms with van der Waals surface area (Å²) < 4.78 is 39.1. The monoisotopic (exact) mass is 289 g/mol. The van der Waals surface area contributed by atoms with Crippen molar-refractivity contribution in [1.29, 1.82) is 0 Å². The minimum absolute atomic E-state index is 0.0667. The number of nitrogens with one attached hydrogen (secondary N) is 1. The number of alkyl halides is 3. The number of fused-ring (bicyclic) bond motifs is 1. The van der Waals surface area contributed by atoms with Gasteiger partial charge in [-0.3, -0.25) is 0 Å². The Morgan fingerprint density at radius 3 is 2.45 bits per heavy atom. The molecule has 2 heterocycles. The summed E-state index contributed by atoms with van der Waals surface area (Å²) >= 11 is 0. The van der Waals surface area contributed by atoms with Crippen LogP contribution in [0.25, 0.3) is 5.65 Å². The maximum atomic E-state index is 12.8. The van der Waals surface area contributed by atoms with Crippen molar-refractivity contribution in [2.45, 2.75) is 33.0 Å². The molecular formula is C11H14F3N5O. The predicted octanol–water partition coefficient (Wildman–Crippen LogP) is 1.55. The first-order valence-corrected chi connectivity index (χ1v) is 5.93. The molecule has 0 radical (unpaired) electrons. The summed E-state index contributed by atoms with van der Waals surface area (Å²) in [7, 11) is 0. The summed E-state index contributed by atoms with van der Waals surface area (Å²) in [6.45, 7) is 4.90. The van der Waals surface area contributed by atoms with Crippen molar-refractivity contribution < 1.29 is 18.3 Å². The van der Waals surface area contributed by atoms with Gasteiger partial charge in [-0.1, -0.05) is 0 Å². The second kappa shape index (κ2) is 4.89. The lowest BCUT2D eigenvalue weighted by Gasteiger charge is -2.15. The Balaban J connectivity index is 2.63. The van der Waals surface area contributed by atoms with Crippen molar-refractivity contribution in [3.8, 4) is 0 Å². The molecule has 2 aromatic heterocycles. The smallest absolute Gasteiger partial charge is 0.394 e. The molecule has 0 unspecified atom stereocenters. The molecular weight excluding hydrogens is 275 g/mol. The van der Waals surface area contributed by atoms with Gasteiger partial charge in [-0.05, 0) is 26.3 Å². The molecule has 0 aliphatic heterocycles. The summed E-state index contributed by atoms with van der Waals surface area (Å²) in [5.41, 5.74) is 1.28. The molecule has 0 spiro atoms. The van der Waals surface area contributed by atoms with Gasteiger partial charge in [-0.2, -0.15) is 17.7 Å². The number of hydrogen-bond donors (Lipinski definition) is 2. The van der Waals surface area contributed by atoms with Crippen molar-refractivity contribution in [2.24, 2.45) is 0 Å². The van der Waals surface area contributed by atoms with Crippen LogP contribution >= 0.6 is 0 Å². The van der Waals surface area contributed by atoms with E-state index in [9.17, 15) is 13.2 Å². The summed E-state index contributed by atoms with van der Waals surface area (Å²) in [6.07, 6.45) is -4.63. The number of hydrogen-bond acceptors (Lipinski definition) is 5. The van der Waals surface area contributed by atoms with Crippen LogP contribution in [0.1, 0.15) is 23.9 Å². The molecule has 0 aliphatic carbocycles. The normalized spacial score (nSPS) is 13.8. The molecule has 20 heavy (non-hydrogen) atoms. The molecule has 0 fully saturated rings. The molecule has 1 atom stereocenters. The van der Waals surface area contributed by atoms with Crippen LogP contribution in [0.5, 0.6) is 0 Å². The zero-order valence-electron chi connectivity index (χ0n) is 11.2. The van der Waals surface area contributed by atoms with Crippen LogP contribution in [-0.2, 0) is 6.18 Å². The SMILES string of the molecule is Cc1c(N[C@H](C)CO)nn2c(C(F)(F)F)nnc2c1C. The summed E-state index contributed by atoms with van der Waals surface area (Å²) in [4.78, 5) is 0. The van der Waals surface area contributed by atoms with Gasteiger partial charge in [0.15, 0.2) is 11.5 Å². The van der Waals surface area contributed by atoms with Crippen molar-refractivity contribution in [1.82, 2.24) is 19.8 Å². The van der Waals surface area contributed by atoms with Crippen molar-refractivity contribution in [3.05, 3.63) is 17.0 Å². The van der Waals surface area contributed by atoms with Crippen LogP contribution in [0.3, 0.4) is 0 Å². The third kappa shape index (κ3) is 2.40. The molecule has 0 saturated heterocycles. The molecule has 0 amide bonds. The van der Waals surface area contributed by atoms with E-state index in [1.165, 1.54) is 0 Å². The van der Waals surface area contributed by atoms with Crippen LogP contribution in [0.15, 0.2) is 0 Å². The maximum absolute atomic E-state index is 12.8. The number of nitrogens with zero attached hydrogens (tertiary/aromatic N) is 4. The van der Waals surface area contributed by atoms with Crippen LogP contribution in [0.4, 0.5) is 19.0 Å². The van der Waals surface area contributed by atoms with E-state index in [4.69, 9.17) is 5.11 Å². The van der Waals surface area contributed by atoms with Crippen LogP contribution in [0.2, 0.25) is 0 Å². The van der Waals surface area contributed by atoms with Gasteiger partial charge in [0.25, 0.3) is 5.82 Å². The molecule has 110 valence electrons. The lowest BCUT2D eigenvalue weighted by atomic mass is 10.2. The van der Waals surface area contributed by atoms with E-state index in [0.717, 1.165) is 0 Å². The van der Waals surface area contributed by atoms with Gasteiger partial charge in [0, 0.05) is 11.6 Å². The number of halogens is 3. The van der Waals surface area contributed by atoms with Crippen LogP contribution in [0, 0.1) is 13.8 Å². The molecule has 9 heteroatoms. The molecule has 0 bridgehead atoms. The summed E-state index contributed by atoms with van der Waals surface area (Å²) in [6, 6.07) is -0.330. The average Bonchev–Trinajstić information content (AvgIpc) is 2.79. The van der Waals surface area contributed by atoms with Gasteiger partial charge in [-0.25, -0.2) is 0 Å². The first kappa shape index (κ1) is 14.5. The summed E-state index contributed by atoms with van der Waals surface area (Å²) in [5, 5.41) is 22.5. The van der Waals surface area contributed by atoms with Gasteiger partial charge in [0.05, 0.1) is 6.61 Å². The average molecular weight is 289 g/mol. The Labute approximate surface area is 112 Å². The highest BCUT2D eigenvalue weighted by Gasteiger charge is 2.38. The van der Waals surface area contributed by atoms with Gasteiger partial charge in [-0.15, -0.1) is 15.3 Å². The third-order valence-corrected chi connectivity index (χ3v) is 3.00. The van der Waals surface area contributed by atoms with E-state index in [1.54, 1.807) is 20.8 Å². The van der Waals surface area contributed by atoms with E-state index >= 15 is 0 Å². The second-order valence-electron chi connectivity index (χ2n) is 4.58. The predicted molar refractivity (Wildman–Crippen MR) is 65.4 cm³/mol. The fourth-order valence-corrected chi connectivity index (χ4v) is 1.72. The molecule has 0 saturated carbocycles.